The molecule has 0 saturated carbocycles. The molecule has 0 radical (unpaired) electrons. The van der Waals surface area contributed by atoms with Crippen molar-refractivity contribution >= 4 is 5.91 Å². The van der Waals surface area contributed by atoms with E-state index in [2.05, 4.69) is 41.5 Å². The Balaban J connectivity index is 1.99. The summed E-state index contributed by atoms with van der Waals surface area (Å²) >= 11 is 0. The van der Waals surface area contributed by atoms with Crippen LogP contribution in [0, 0.1) is 13.8 Å². The van der Waals surface area contributed by atoms with Crippen LogP contribution >= 0.6 is 0 Å². The Morgan fingerprint density at radius 1 is 1.25 bits per heavy atom. The number of nitrogens with zero attached hydrogens (tertiary/aromatic N) is 3. The molecule has 0 unspecified atom stereocenters. The molecule has 130 valence electrons. The van der Waals surface area contributed by atoms with E-state index in [1.165, 1.54) is 5.56 Å². The molecule has 5 nitrogen and oxygen atoms in total. The number of aryl methyl sites for hydroxylation is 2. The van der Waals surface area contributed by atoms with Gasteiger partial charge in [-0.2, -0.15) is 5.10 Å². The second kappa shape index (κ2) is 8.11. The van der Waals surface area contributed by atoms with E-state index in [0.717, 1.165) is 23.5 Å². The molecule has 1 aromatic carbocycles. The van der Waals surface area contributed by atoms with Crippen molar-refractivity contribution < 1.29 is 4.79 Å². The van der Waals surface area contributed by atoms with Gasteiger partial charge in [-0.15, -0.1) is 0 Å². The Bertz CT molecular complexity index is 676. The fourth-order valence-corrected chi connectivity index (χ4v) is 2.99. The first kappa shape index (κ1) is 18.2. The lowest BCUT2D eigenvalue weighted by molar-refractivity contribution is -0.120. The van der Waals surface area contributed by atoms with Gasteiger partial charge in [0, 0.05) is 37.3 Å². The first-order valence-corrected chi connectivity index (χ1v) is 8.34. The summed E-state index contributed by atoms with van der Waals surface area (Å²) < 4.78 is 1.83. The van der Waals surface area contributed by atoms with Gasteiger partial charge in [0.1, 0.15) is 0 Å². The number of aromatic nitrogens is 2. The first-order valence-electron chi connectivity index (χ1n) is 8.34. The zero-order valence-electron chi connectivity index (χ0n) is 15.3. The van der Waals surface area contributed by atoms with Crippen LogP contribution in [0.15, 0.2) is 30.3 Å². The number of rotatable bonds is 7. The molecule has 1 amide bonds. The normalized spacial score (nSPS) is 12.4. The van der Waals surface area contributed by atoms with E-state index in [1.807, 2.05) is 43.8 Å². The number of hydrogen-bond acceptors (Lipinski definition) is 3. The largest absolute Gasteiger partial charge is 0.355 e. The van der Waals surface area contributed by atoms with Crippen LogP contribution in [-0.4, -0.2) is 47.8 Å². The summed E-state index contributed by atoms with van der Waals surface area (Å²) in [7, 11) is 6.02. The lowest BCUT2D eigenvalue weighted by Crippen LogP contribution is -2.34. The third kappa shape index (κ3) is 4.68. The van der Waals surface area contributed by atoms with E-state index in [1.54, 1.807) is 0 Å². The maximum Gasteiger partial charge on any atom is 0.224 e. The molecule has 1 heterocycles. The van der Waals surface area contributed by atoms with Crippen LogP contribution in [0.3, 0.4) is 0 Å². The van der Waals surface area contributed by atoms with E-state index in [0.29, 0.717) is 13.0 Å². The van der Waals surface area contributed by atoms with E-state index in [-0.39, 0.29) is 11.8 Å². The van der Waals surface area contributed by atoms with E-state index in [9.17, 15) is 4.79 Å². The van der Waals surface area contributed by atoms with Gasteiger partial charge in [-0.1, -0.05) is 30.3 Å². The van der Waals surface area contributed by atoms with Gasteiger partial charge in [0.15, 0.2) is 0 Å². The number of benzene rings is 1. The monoisotopic (exact) mass is 328 g/mol. The highest BCUT2D eigenvalue weighted by atomic mass is 16.1. The van der Waals surface area contributed by atoms with Gasteiger partial charge < -0.3 is 10.2 Å². The molecule has 0 spiro atoms. The van der Waals surface area contributed by atoms with Crippen LogP contribution in [-0.2, 0) is 18.3 Å². The SMILES string of the molecule is Cc1nn(C)c(C)c1CC(=O)NC[C@H](CN(C)C)c1ccccc1. The molecule has 1 atom stereocenters. The molecule has 0 bridgehead atoms. The average Bonchev–Trinajstić information content (AvgIpc) is 2.78. The summed E-state index contributed by atoms with van der Waals surface area (Å²) in [5.41, 5.74) is 4.26. The Morgan fingerprint density at radius 3 is 2.46 bits per heavy atom. The number of carbonyl (C=O) groups excluding carboxylic acids is 1. The summed E-state index contributed by atoms with van der Waals surface area (Å²) in [6.07, 6.45) is 0.384. The van der Waals surface area contributed by atoms with Crippen molar-refractivity contribution in [1.29, 1.82) is 0 Å². The van der Waals surface area contributed by atoms with Crippen molar-refractivity contribution in [3.05, 3.63) is 52.8 Å². The van der Waals surface area contributed by atoms with Crippen molar-refractivity contribution in [2.45, 2.75) is 26.2 Å². The topological polar surface area (TPSA) is 50.2 Å². The maximum absolute atomic E-state index is 12.4. The molecule has 1 N–H and O–H groups in total. The first-order chi connectivity index (χ1) is 11.4. The van der Waals surface area contributed by atoms with Crippen LogP contribution < -0.4 is 5.32 Å². The maximum atomic E-state index is 12.4. The molecule has 0 fully saturated rings. The molecule has 2 aromatic rings. The van der Waals surface area contributed by atoms with Crippen molar-refractivity contribution in [1.82, 2.24) is 20.0 Å². The fraction of sp³-hybridized carbons (Fsp3) is 0.474. The van der Waals surface area contributed by atoms with Crippen molar-refractivity contribution in [3.63, 3.8) is 0 Å². The third-order valence-electron chi connectivity index (χ3n) is 4.40. The van der Waals surface area contributed by atoms with Gasteiger partial charge in [-0.05, 0) is 33.5 Å². The lowest BCUT2D eigenvalue weighted by Gasteiger charge is -2.22. The van der Waals surface area contributed by atoms with Crippen LogP contribution in [0.4, 0.5) is 0 Å². The summed E-state index contributed by atoms with van der Waals surface area (Å²) in [6, 6.07) is 10.3. The molecular formula is C19H28N4O. The minimum Gasteiger partial charge on any atom is -0.355 e. The Labute approximate surface area is 144 Å². The van der Waals surface area contributed by atoms with Crippen LogP contribution in [0.25, 0.3) is 0 Å². The van der Waals surface area contributed by atoms with Gasteiger partial charge >= 0.3 is 0 Å². The summed E-state index contributed by atoms with van der Waals surface area (Å²) in [6.45, 7) is 5.49. The summed E-state index contributed by atoms with van der Waals surface area (Å²) in [5.74, 6) is 0.329. The quantitative estimate of drug-likeness (QED) is 0.846. The minimum atomic E-state index is 0.0499. The minimum absolute atomic E-state index is 0.0499. The highest BCUT2D eigenvalue weighted by Gasteiger charge is 2.16. The number of carbonyl (C=O) groups is 1. The molecule has 2 rings (SSSR count). The highest BCUT2D eigenvalue weighted by molar-refractivity contribution is 5.79. The van der Waals surface area contributed by atoms with E-state index >= 15 is 0 Å². The van der Waals surface area contributed by atoms with Gasteiger partial charge in [0.25, 0.3) is 0 Å². The van der Waals surface area contributed by atoms with Crippen LogP contribution in [0.1, 0.15) is 28.4 Å². The highest BCUT2D eigenvalue weighted by Crippen LogP contribution is 2.16. The zero-order valence-corrected chi connectivity index (χ0v) is 15.3. The number of hydrogen-bond donors (Lipinski definition) is 1. The fourth-order valence-electron chi connectivity index (χ4n) is 2.99. The molecule has 0 aliphatic carbocycles. The molecule has 5 heteroatoms. The predicted octanol–water partition coefficient (Wildman–Crippen LogP) is 2.04. The number of amides is 1. The molecule has 1 aromatic heterocycles. The Morgan fingerprint density at radius 2 is 1.92 bits per heavy atom. The van der Waals surface area contributed by atoms with Crippen LogP contribution in [0.2, 0.25) is 0 Å². The molecule has 0 saturated heterocycles. The lowest BCUT2D eigenvalue weighted by atomic mass is 9.98. The third-order valence-corrected chi connectivity index (χ3v) is 4.40. The standard InChI is InChI=1S/C19H28N4O/c1-14-18(15(2)23(5)21-14)11-19(24)20-12-17(13-22(3)4)16-9-7-6-8-10-16/h6-10,17H,11-13H2,1-5H3,(H,20,24)/t17-/m1/s1. The molecule has 0 aliphatic heterocycles. The van der Waals surface area contributed by atoms with Crippen molar-refractivity contribution in [3.8, 4) is 0 Å². The number of likely N-dealkylation sites (N-methyl/N-ethyl adjacent to an activating group) is 1. The average molecular weight is 328 g/mol. The summed E-state index contributed by atoms with van der Waals surface area (Å²) in [4.78, 5) is 14.5. The Kier molecular flexibility index (Phi) is 6.15. The van der Waals surface area contributed by atoms with Gasteiger partial charge in [-0.3, -0.25) is 9.48 Å². The zero-order chi connectivity index (χ0) is 17.7. The second-order valence-electron chi connectivity index (χ2n) is 6.62. The second-order valence-corrected chi connectivity index (χ2v) is 6.62. The predicted molar refractivity (Wildman–Crippen MR) is 97.1 cm³/mol. The molecular weight excluding hydrogens is 300 g/mol. The van der Waals surface area contributed by atoms with Crippen molar-refractivity contribution in [2.24, 2.45) is 7.05 Å². The Hall–Kier alpha value is -2.14. The van der Waals surface area contributed by atoms with Crippen molar-refractivity contribution in [2.75, 3.05) is 27.2 Å². The summed E-state index contributed by atoms with van der Waals surface area (Å²) in [5, 5.41) is 7.47. The van der Waals surface area contributed by atoms with E-state index < -0.39 is 0 Å². The number of nitrogens with one attached hydrogen (secondary N) is 1. The molecule has 0 aliphatic rings. The van der Waals surface area contributed by atoms with E-state index in [4.69, 9.17) is 0 Å². The molecule has 24 heavy (non-hydrogen) atoms. The smallest absolute Gasteiger partial charge is 0.224 e. The van der Waals surface area contributed by atoms with Gasteiger partial charge in [0.2, 0.25) is 5.91 Å². The van der Waals surface area contributed by atoms with Crippen LogP contribution in [0.5, 0.6) is 0 Å². The van der Waals surface area contributed by atoms with Gasteiger partial charge in [0.05, 0.1) is 12.1 Å². The van der Waals surface area contributed by atoms with Gasteiger partial charge in [-0.25, -0.2) is 0 Å².